The molecule has 0 aliphatic heterocycles. The lowest BCUT2D eigenvalue weighted by Gasteiger charge is -2.25. The molecule has 17 heavy (non-hydrogen) atoms. The summed E-state index contributed by atoms with van der Waals surface area (Å²) >= 11 is 0. The zero-order valence-corrected chi connectivity index (χ0v) is 10.8. The lowest BCUT2D eigenvalue weighted by Crippen LogP contribution is -2.48. The topological polar surface area (TPSA) is 94.0 Å². The van der Waals surface area contributed by atoms with Gasteiger partial charge in [0.1, 0.15) is 0 Å². The molecule has 0 bridgehead atoms. The van der Waals surface area contributed by atoms with E-state index in [0.29, 0.717) is 18.2 Å². The van der Waals surface area contributed by atoms with E-state index in [1.54, 1.807) is 0 Å². The van der Waals surface area contributed by atoms with Crippen LogP contribution in [-0.2, 0) is 17.8 Å². The molecule has 0 saturated carbocycles. The highest BCUT2D eigenvalue weighted by Crippen LogP contribution is 2.17. The molecule has 0 saturated heterocycles. The van der Waals surface area contributed by atoms with Crippen molar-refractivity contribution in [3.05, 3.63) is 11.8 Å². The van der Waals surface area contributed by atoms with Crippen LogP contribution in [0.3, 0.4) is 0 Å². The Morgan fingerprint density at radius 1 is 1.41 bits per heavy atom. The summed E-state index contributed by atoms with van der Waals surface area (Å²) in [7, 11) is 0. The quantitative estimate of drug-likeness (QED) is 0.804. The Hall–Kier alpha value is -1.43. The first-order valence-electron chi connectivity index (χ1n) is 5.69. The van der Waals surface area contributed by atoms with Crippen LogP contribution in [0.2, 0.25) is 0 Å². The van der Waals surface area contributed by atoms with E-state index >= 15 is 0 Å². The summed E-state index contributed by atoms with van der Waals surface area (Å²) < 4.78 is 5.27. The van der Waals surface area contributed by atoms with E-state index in [4.69, 9.17) is 10.2 Å². The minimum Gasteiger partial charge on any atom is -0.423 e. The molecule has 0 radical (unpaired) electrons. The summed E-state index contributed by atoms with van der Waals surface area (Å²) in [5.41, 5.74) is 5.54. The van der Waals surface area contributed by atoms with E-state index < -0.39 is 6.04 Å². The van der Waals surface area contributed by atoms with Crippen LogP contribution >= 0.6 is 0 Å². The minimum absolute atomic E-state index is 0.214. The maximum absolute atomic E-state index is 11.7. The number of amides is 1. The van der Waals surface area contributed by atoms with Gasteiger partial charge < -0.3 is 15.5 Å². The van der Waals surface area contributed by atoms with E-state index in [-0.39, 0.29) is 17.9 Å². The minimum atomic E-state index is -0.559. The van der Waals surface area contributed by atoms with Crippen LogP contribution in [0, 0.1) is 5.41 Å². The maximum Gasteiger partial charge on any atom is 0.237 e. The highest BCUT2D eigenvalue weighted by molar-refractivity contribution is 5.82. The Morgan fingerprint density at radius 2 is 2.00 bits per heavy atom. The first-order valence-corrected chi connectivity index (χ1v) is 5.69. The molecule has 1 heterocycles. The number of carbonyl (C=O) groups excluding carboxylic acids is 1. The van der Waals surface area contributed by atoms with Gasteiger partial charge in [-0.05, 0) is 5.41 Å². The van der Waals surface area contributed by atoms with Gasteiger partial charge in [-0.3, -0.25) is 4.79 Å². The van der Waals surface area contributed by atoms with Gasteiger partial charge in [-0.15, -0.1) is 10.2 Å². The SMILES string of the molecule is CCc1nnc(CNC(=O)C(N)C(C)(C)C)o1. The van der Waals surface area contributed by atoms with Crippen LogP contribution in [0.5, 0.6) is 0 Å². The molecule has 0 spiro atoms. The van der Waals surface area contributed by atoms with Crippen molar-refractivity contribution < 1.29 is 9.21 Å². The first kappa shape index (κ1) is 13.6. The number of aromatic nitrogens is 2. The van der Waals surface area contributed by atoms with Gasteiger partial charge in [-0.2, -0.15) is 0 Å². The van der Waals surface area contributed by atoms with E-state index in [0.717, 1.165) is 0 Å². The van der Waals surface area contributed by atoms with Crippen molar-refractivity contribution in [3.63, 3.8) is 0 Å². The number of hydrogen-bond acceptors (Lipinski definition) is 5. The fourth-order valence-corrected chi connectivity index (χ4v) is 1.17. The molecule has 0 fully saturated rings. The van der Waals surface area contributed by atoms with Crippen molar-refractivity contribution in [2.75, 3.05) is 0 Å². The monoisotopic (exact) mass is 240 g/mol. The number of nitrogens with one attached hydrogen (secondary N) is 1. The Balaban J connectivity index is 2.48. The lowest BCUT2D eigenvalue weighted by molar-refractivity contribution is -0.124. The second-order valence-electron chi connectivity index (χ2n) is 5.00. The Morgan fingerprint density at radius 3 is 2.47 bits per heavy atom. The van der Waals surface area contributed by atoms with Crippen molar-refractivity contribution in [1.29, 1.82) is 0 Å². The van der Waals surface area contributed by atoms with Gasteiger partial charge >= 0.3 is 0 Å². The molecule has 6 heteroatoms. The maximum atomic E-state index is 11.7. The number of nitrogens with zero attached hydrogens (tertiary/aromatic N) is 2. The predicted molar refractivity (Wildman–Crippen MR) is 63.0 cm³/mol. The molecule has 1 aromatic heterocycles. The zero-order chi connectivity index (χ0) is 13.1. The van der Waals surface area contributed by atoms with Gasteiger partial charge in [0.05, 0.1) is 12.6 Å². The third-order valence-electron chi connectivity index (χ3n) is 2.44. The van der Waals surface area contributed by atoms with Gasteiger partial charge in [-0.1, -0.05) is 27.7 Å². The number of rotatable bonds is 4. The van der Waals surface area contributed by atoms with Crippen LogP contribution in [0.1, 0.15) is 39.5 Å². The van der Waals surface area contributed by atoms with Crippen LogP contribution in [-0.4, -0.2) is 22.1 Å². The summed E-state index contributed by atoms with van der Waals surface area (Å²) in [5.74, 6) is 0.749. The van der Waals surface area contributed by atoms with Crippen molar-refractivity contribution in [3.8, 4) is 0 Å². The summed E-state index contributed by atoms with van der Waals surface area (Å²) in [6, 6.07) is -0.559. The summed E-state index contributed by atoms with van der Waals surface area (Å²) in [6.45, 7) is 7.89. The largest absolute Gasteiger partial charge is 0.423 e. The Bertz CT molecular complexity index is 381. The van der Waals surface area contributed by atoms with Crippen molar-refractivity contribution in [2.45, 2.75) is 46.7 Å². The average Bonchev–Trinajstić information content (AvgIpc) is 2.71. The number of hydrogen-bond donors (Lipinski definition) is 2. The number of carbonyl (C=O) groups is 1. The van der Waals surface area contributed by atoms with E-state index in [1.807, 2.05) is 27.7 Å². The molecule has 0 aliphatic rings. The van der Waals surface area contributed by atoms with Gasteiger partial charge in [0.15, 0.2) is 0 Å². The molecule has 3 N–H and O–H groups in total. The summed E-state index contributed by atoms with van der Waals surface area (Å²) in [5, 5.41) is 10.3. The third kappa shape index (κ3) is 3.81. The van der Waals surface area contributed by atoms with Gasteiger partial charge in [0.2, 0.25) is 17.7 Å². The second-order valence-corrected chi connectivity index (χ2v) is 5.00. The molecule has 0 aromatic carbocycles. The van der Waals surface area contributed by atoms with E-state index in [1.165, 1.54) is 0 Å². The molecule has 1 rings (SSSR count). The normalized spacial score (nSPS) is 13.5. The highest BCUT2D eigenvalue weighted by Gasteiger charge is 2.27. The van der Waals surface area contributed by atoms with Crippen molar-refractivity contribution in [2.24, 2.45) is 11.1 Å². The highest BCUT2D eigenvalue weighted by atomic mass is 16.4. The van der Waals surface area contributed by atoms with Gasteiger partial charge in [0.25, 0.3) is 0 Å². The molecule has 1 unspecified atom stereocenters. The Labute approximate surface area is 101 Å². The summed E-state index contributed by atoms with van der Waals surface area (Å²) in [4.78, 5) is 11.7. The Kier molecular flexibility index (Phi) is 4.22. The summed E-state index contributed by atoms with van der Waals surface area (Å²) in [6.07, 6.45) is 0.683. The standard InChI is InChI=1S/C11H20N4O2/c1-5-7-14-15-8(17-7)6-13-10(16)9(12)11(2,3)4/h9H,5-6,12H2,1-4H3,(H,13,16). The first-order chi connectivity index (χ1) is 7.84. The molecule has 6 nitrogen and oxygen atoms in total. The fourth-order valence-electron chi connectivity index (χ4n) is 1.17. The van der Waals surface area contributed by atoms with Crippen molar-refractivity contribution >= 4 is 5.91 Å². The van der Waals surface area contributed by atoms with Crippen LogP contribution in [0.4, 0.5) is 0 Å². The molecule has 1 aromatic rings. The number of aryl methyl sites for hydroxylation is 1. The predicted octanol–water partition coefficient (Wildman–Crippen LogP) is 0.622. The van der Waals surface area contributed by atoms with Crippen LogP contribution in [0.15, 0.2) is 4.42 Å². The molecule has 96 valence electrons. The van der Waals surface area contributed by atoms with Gasteiger partial charge in [0, 0.05) is 6.42 Å². The zero-order valence-electron chi connectivity index (χ0n) is 10.8. The van der Waals surface area contributed by atoms with Gasteiger partial charge in [-0.25, -0.2) is 0 Å². The number of nitrogens with two attached hydrogens (primary N) is 1. The lowest BCUT2D eigenvalue weighted by atomic mass is 9.87. The molecular formula is C11H20N4O2. The van der Waals surface area contributed by atoms with Crippen molar-refractivity contribution in [1.82, 2.24) is 15.5 Å². The molecular weight excluding hydrogens is 220 g/mol. The molecule has 1 atom stereocenters. The second kappa shape index (κ2) is 5.27. The fraction of sp³-hybridized carbons (Fsp3) is 0.727. The smallest absolute Gasteiger partial charge is 0.237 e. The molecule has 0 aliphatic carbocycles. The van der Waals surface area contributed by atoms with Crippen LogP contribution in [0.25, 0.3) is 0 Å². The average molecular weight is 240 g/mol. The molecule has 1 amide bonds. The van der Waals surface area contributed by atoms with Crippen LogP contribution < -0.4 is 11.1 Å². The van der Waals surface area contributed by atoms with E-state index in [9.17, 15) is 4.79 Å². The van der Waals surface area contributed by atoms with E-state index in [2.05, 4.69) is 15.5 Å². The third-order valence-corrected chi connectivity index (χ3v) is 2.44.